The zero-order chi connectivity index (χ0) is 13.4. The summed E-state index contributed by atoms with van der Waals surface area (Å²) in [6.45, 7) is 4.68. The first kappa shape index (κ1) is 15.5. The van der Waals surface area contributed by atoms with Crippen molar-refractivity contribution in [3.63, 3.8) is 0 Å². The maximum Gasteiger partial charge on any atom is 0.158 e. The molecule has 1 heterocycles. The highest BCUT2D eigenvalue weighted by Crippen LogP contribution is 2.14. The maximum absolute atomic E-state index is 5.95. The first-order valence-corrected chi connectivity index (χ1v) is 7.55. The number of thioether (sulfide) groups is 1. The van der Waals surface area contributed by atoms with E-state index in [9.17, 15) is 0 Å². The van der Waals surface area contributed by atoms with Crippen LogP contribution in [0, 0.1) is 0 Å². The summed E-state index contributed by atoms with van der Waals surface area (Å²) in [5.41, 5.74) is 0. The fraction of sp³-hybridized carbons (Fsp3) is 0.667. The Morgan fingerprint density at radius 2 is 2.28 bits per heavy atom. The number of halogens is 1. The topological polar surface area (TPSA) is 47.0 Å². The molecule has 1 rings (SSSR count). The van der Waals surface area contributed by atoms with Crippen LogP contribution in [0.1, 0.15) is 26.1 Å². The minimum Gasteiger partial charge on any atom is -0.377 e. The van der Waals surface area contributed by atoms with Gasteiger partial charge in [-0.1, -0.05) is 18.5 Å². The molecule has 0 aliphatic heterocycles. The molecule has 0 saturated carbocycles. The van der Waals surface area contributed by atoms with Crippen molar-refractivity contribution < 1.29 is 4.74 Å². The minimum atomic E-state index is 0.366. The van der Waals surface area contributed by atoms with Crippen molar-refractivity contribution in [3.8, 4) is 0 Å². The number of anilines is 1. The molecule has 0 spiro atoms. The molecule has 1 atom stereocenters. The van der Waals surface area contributed by atoms with Crippen molar-refractivity contribution in [3.05, 3.63) is 17.0 Å². The summed E-state index contributed by atoms with van der Waals surface area (Å²) in [5.74, 6) is 3.66. The third-order valence-electron chi connectivity index (χ3n) is 2.31. The van der Waals surface area contributed by atoms with Gasteiger partial charge in [0.25, 0.3) is 0 Å². The number of rotatable bonds is 8. The van der Waals surface area contributed by atoms with Crippen molar-refractivity contribution in [1.82, 2.24) is 9.97 Å². The quantitative estimate of drug-likeness (QED) is 0.588. The normalized spacial score (nSPS) is 12.4. The van der Waals surface area contributed by atoms with Crippen LogP contribution in [-0.2, 0) is 11.3 Å². The summed E-state index contributed by atoms with van der Waals surface area (Å²) < 4.78 is 5.01. The third kappa shape index (κ3) is 5.89. The Morgan fingerprint density at radius 3 is 2.94 bits per heavy atom. The van der Waals surface area contributed by atoms with Crippen molar-refractivity contribution in [1.29, 1.82) is 0 Å². The Hall–Kier alpha value is -0.520. The van der Waals surface area contributed by atoms with Crippen LogP contribution in [0.4, 0.5) is 5.82 Å². The monoisotopic (exact) mass is 289 g/mol. The summed E-state index contributed by atoms with van der Waals surface area (Å²) >= 11 is 7.89. The van der Waals surface area contributed by atoms with Crippen LogP contribution in [0.3, 0.4) is 0 Å². The van der Waals surface area contributed by atoms with Gasteiger partial charge in [-0.05, 0) is 24.9 Å². The summed E-state index contributed by atoms with van der Waals surface area (Å²) in [5, 5.41) is 3.78. The molecule has 4 nitrogen and oxygen atoms in total. The number of aromatic nitrogens is 2. The molecule has 0 bridgehead atoms. The van der Waals surface area contributed by atoms with Crippen LogP contribution in [0.5, 0.6) is 0 Å². The Balaban J connectivity index is 2.54. The highest BCUT2D eigenvalue weighted by molar-refractivity contribution is 7.99. The third-order valence-corrected chi connectivity index (χ3v) is 3.43. The fourth-order valence-corrected chi connectivity index (χ4v) is 2.47. The molecule has 0 amide bonds. The SMILES string of the molecule is CCSCCC(C)Nc1cc(Cl)nc(COC)n1. The van der Waals surface area contributed by atoms with Crippen molar-refractivity contribution in [2.75, 3.05) is 23.9 Å². The Bertz CT molecular complexity index is 365. The van der Waals surface area contributed by atoms with Gasteiger partial charge in [0.15, 0.2) is 5.82 Å². The van der Waals surface area contributed by atoms with Crippen LogP contribution in [0.2, 0.25) is 5.15 Å². The van der Waals surface area contributed by atoms with E-state index in [-0.39, 0.29) is 0 Å². The van der Waals surface area contributed by atoms with Gasteiger partial charge in [0.2, 0.25) is 0 Å². The Labute approximate surface area is 118 Å². The van der Waals surface area contributed by atoms with Gasteiger partial charge < -0.3 is 10.1 Å². The number of nitrogens with zero attached hydrogens (tertiary/aromatic N) is 2. The lowest BCUT2D eigenvalue weighted by Gasteiger charge is -2.14. The molecule has 0 fully saturated rings. The van der Waals surface area contributed by atoms with E-state index in [1.54, 1.807) is 13.2 Å². The second-order valence-corrected chi connectivity index (χ2v) is 5.74. The molecule has 1 N–H and O–H groups in total. The van der Waals surface area contributed by atoms with Gasteiger partial charge in [0.1, 0.15) is 17.6 Å². The summed E-state index contributed by atoms with van der Waals surface area (Å²) in [7, 11) is 1.61. The fourth-order valence-electron chi connectivity index (χ4n) is 1.46. The molecule has 0 saturated heterocycles. The van der Waals surface area contributed by atoms with Crippen LogP contribution in [-0.4, -0.2) is 34.6 Å². The predicted molar refractivity (Wildman–Crippen MR) is 78.5 cm³/mol. The Morgan fingerprint density at radius 1 is 1.50 bits per heavy atom. The summed E-state index contributed by atoms with van der Waals surface area (Å²) in [6.07, 6.45) is 1.10. The van der Waals surface area contributed by atoms with Gasteiger partial charge in [-0.15, -0.1) is 0 Å². The van der Waals surface area contributed by atoms with Gasteiger partial charge in [-0.3, -0.25) is 0 Å². The van der Waals surface area contributed by atoms with E-state index in [2.05, 4.69) is 29.1 Å². The van der Waals surface area contributed by atoms with Gasteiger partial charge in [-0.25, -0.2) is 9.97 Å². The first-order chi connectivity index (χ1) is 8.65. The van der Waals surface area contributed by atoms with Crippen LogP contribution >= 0.6 is 23.4 Å². The lowest BCUT2D eigenvalue weighted by atomic mass is 10.2. The molecular weight excluding hydrogens is 270 g/mol. The number of methoxy groups -OCH3 is 1. The highest BCUT2D eigenvalue weighted by Gasteiger charge is 2.06. The van der Waals surface area contributed by atoms with E-state index in [1.165, 1.54) is 0 Å². The molecule has 102 valence electrons. The molecule has 1 unspecified atom stereocenters. The molecule has 1 aromatic rings. The number of ether oxygens (including phenoxy) is 1. The molecule has 18 heavy (non-hydrogen) atoms. The van der Waals surface area contributed by atoms with Crippen LogP contribution < -0.4 is 5.32 Å². The molecule has 0 radical (unpaired) electrons. The molecule has 1 aromatic heterocycles. The number of hydrogen-bond acceptors (Lipinski definition) is 5. The van der Waals surface area contributed by atoms with Crippen molar-refractivity contribution in [2.45, 2.75) is 32.9 Å². The van der Waals surface area contributed by atoms with Crippen LogP contribution in [0.25, 0.3) is 0 Å². The lowest BCUT2D eigenvalue weighted by molar-refractivity contribution is 0.178. The van der Waals surface area contributed by atoms with Crippen molar-refractivity contribution in [2.24, 2.45) is 0 Å². The average Bonchev–Trinajstić information content (AvgIpc) is 2.28. The standard InChI is InChI=1S/C12H20ClN3OS/c1-4-18-6-5-9(2)14-11-7-10(13)15-12(16-11)8-17-3/h7,9H,4-6,8H2,1-3H3,(H,14,15,16). The predicted octanol–water partition coefficient (Wildman–Crippen LogP) is 3.22. The molecule has 0 aliphatic carbocycles. The van der Waals surface area contributed by atoms with Crippen LogP contribution in [0.15, 0.2) is 6.07 Å². The molecule has 6 heteroatoms. The van der Waals surface area contributed by atoms with E-state index >= 15 is 0 Å². The van der Waals surface area contributed by atoms with E-state index in [1.807, 2.05) is 11.8 Å². The van der Waals surface area contributed by atoms with Crippen molar-refractivity contribution >= 4 is 29.2 Å². The van der Waals surface area contributed by atoms with E-state index < -0.39 is 0 Å². The number of hydrogen-bond donors (Lipinski definition) is 1. The highest BCUT2D eigenvalue weighted by atomic mass is 35.5. The second kappa shape index (κ2) is 8.56. The second-order valence-electron chi connectivity index (χ2n) is 3.96. The van der Waals surface area contributed by atoms with Gasteiger partial charge >= 0.3 is 0 Å². The molecule has 0 aromatic carbocycles. The minimum absolute atomic E-state index is 0.366. The lowest BCUT2D eigenvalue weighted by Crippen LogP contribution is -2.17. The number of nitrogens with one attached hydrogen (secondary N) is 1. The zero-order valence-corrected chi connectivity index (χ0v) is 12.6. The van der Waals surface area contributed by atoms with E-state index in [4.69, 9.17) is 16.3 Å². The van der Waals surface area contributed by atoms with Gasteiger partial charge in [0, 0.05) is 19.2 Å². The largest absolute Gasteiger partial charge is 0.377 e. The zero-order valence-electron chi connectivity index (χ0n) is 11.1. The average molecular weight is 290 g/mol. The van der Waals surface area contributed by atoms with Gasteiger partial charge in [0.05, 0.1) is 0 Å². The molecular formula is C12H20ClN3OS. The summed E-state index contributed by atoms with van der Waals surface area (Å²) in [4.78, 5) is 8.44. The van der Waals surface area contributed by atoms with E-state index in [0.717, 1.165) is 23.7 Å². The van der Waals surface area contributed by atoms with E-state index in [0.29, 0.717) is 23.6 Å². The maximum atomic E-state index is 5.95. The Kier molecular flexibility index (Phi) is 7.39. The smallest absolute Gasteiger partial charge is 0.158 e. The first-order valence-electron chi connectivity index (χ1n) is 6.02. The molecule has 0 aliphatic rings. The van der Waals surface area contributed by atoms with Gasteiger partial charge in [-0.2, -0.15) is 11.8 Å². The summed E-state index contributed by atoms with van der Waals surface area (Å²) in [6, 6.07) is 2.11.